The van der Waals surface area contributed by atoms with Crippen molar-refractivity contribution >= 4 is 12.1 Å². The Balaban J connectivity index is 2.01. The van der Waals surface area contributed by atoms with Crippen LogP contribution in [-0.2, 0) is 9.63 Å². The summed E-state index contributed by atoms with van der Waals surface area (Å²) < 4.78 is 0. The van der Waals surface area contributed by atoms with Crippen molar-refractivity contribution < 1.29 is 9.63 Å². The highest BCUT2D eigenvalue weighted by Gasteiger charge is 2.31. The number of nitrogens with zero attached hydrogens (tertiary/aromatic N) is 3. The zero-order valence-electron chi connectivity index (χ0n) is 9.06. The van der Waals surface area contributed by atoms with E-state index in [9.17, 15) is 4.79 Å². The maximum absolute atomic E-state index is 11.8. The molecule has 2 bridgehead atoms. The molecule has 84 valence electrons. The van der Waals surface area contributed by atoms with E-state index in [1.807, 2.05) is 4.90 Å². The summed E-state index contributed by atoms with van der Waals surface area (Å²) in [7, 11) is 1.45. The van der Waals surface area contributed by atoms with Crippen molar-refractivity contribution in [3.05, 3.63) is 0 Å². The van der Waals surface area contributed by atoms with E-state index in [1.54, 1.807) is 0 Å². The first-order valence-corrected chi connectivity index (χ1v) is 5.41. The van der Waals surface area contributed by atoms with Crippen LogP contribution in [0.1, 0.15) is 12.8 Å². The smallest absolute Gasteiger partial charge is 0.268 e. The minimum Gasteiger partial charge on any atom is -0.399 e. The molecule has 5 nitrogen and oxygen atoms in total. The largest absolute Gasteiger partial charge is 0.399 e. The lowest BCUT2D eigenvalue weighted by Crippen LogP contribution is -2.42. The predicted molar refractivity (Wildman–Crippen MR) is 56.7 cm³/mol. The van der Waals surface area contributed by atoms with Gasteiger partial charge in [0.2, 0.25) is 0 Å². The number of oxime groups is 1. The molecule has 3 saturated heterocycles. The highest BCUT2D eigenvalue weighted by atomic mass is 16.6. The number of piperidine rings is 1. The molecule has 5 heteroatoms. The van der Waals surface area contributed by atoms with Crippen molar-refractivity contribution in [1.29, 1.82) is 0 Å². The average molecular weight is 211 g/mol. The molecule has 0 aromatic heterocycles. The lowest BCUT2D eigenvalue weighted by molar-refractivity contribution is -0.125. The number of hydrogen-bond acceptors (Lipinski definition) is 4. The van der Waals surface area contributed by atoms with E-state index in [2.05, 4.69) is 14.9 Å². The molecule has 0 unspecified atom stereocenters. The summed E-state index contributed by atoms with van der Waals surface area (Å²) in [5.74, 6) is -0.0226. The van der Waals surface area contributed by atoms with Gasteiger partial charge in [0.15, 0.2) is 0 Å². The number of carbonyl (C=O) groups excluding carboxylic acids is 1. The third-order valence-electron chi connectivity index (χ3n) is 3.21. The number of rotatable bonds is 2. The molecule has 0 N–H and O–H groups in total. The molecule has 3 rings (SSSR count). The van der Waals surface area contributed by atoms with Crippen LogP contribution in [-0.4, -0.2) is 61.3 Å². The van der Waals surface area contributed by atoms with Gasteiger partial charge in [-0.15, -0.1) is 0 Å². The van der Waals surface area contributed by atoms with Gasteiger partial charge in [0.1, 0.15) is 13.3 Å². The lowest BCUT2D eigenvalue weighted by Gasteiger charge is -2.30. The van der Waals surface area contributed by atoms with Gasteiger partial charge in [-0.25, -0.2) is 0 Å². The van der Waals surface area contributed by atoms with Crippen LogP contribution in [0.25, 0.3) is 0 Å². The van der Waals surface area contributed by atoms with Crippen LogP contribution in [0.15, 0.2) is 5.16 Å². The van der Waals surface area contributed by atoms with Gasteiger partial charge in [-0.1, -0.05) is 5.16 Å². The van der Waals surface area contributed by atoms with Gasteiger partial charge >= 0.3 is 0 Å². The zero-order valence-corrected chi connectivity index (χ0v) is 9.06. The van der Waals surface area contributed by atoms with E-state index in [1.165, 1.54) is 13.3 Å². The molecule has 0 saturated carbocycles. The topological polar surface area (TPSA) is 45.1 Å². The van der Waals surface area contributed by atoms with Gasteiger partial charge in [0.05, 0.1) is 0 Å². The van der Waals surface area contributed by atoms with Crippen LogP contribution in [0, 0.1) is 0 Å². The van der Waals surface area contributed by atoms with E-state index in [4.69, 9.17) is 0 Å². The molecule has 0 aromatic rings. The molecule has 0 aliphatic carbocycles. The fourth-order valence-corrected chi connectivity index (χ4v) is 2.35. The van der Waals surface area contributed by atoms with Crippen molar-refractivity contribution in [2.45, 2.75) is 18.9 Å². The normalized spacial score (nSPS) is 30.6. The van der Waals surface area contributed by atoms with Crippen molar-refractivity contribution in [1.82, 2.24) is 9.80 Å². The Morgan fingerprint density at radius 3 is 2.73 bits per heavy atom. The first kappa shape index (κ1) is 10.4. The molecule has 0 spiro atoms. The Morgan fingerprint density at radius 1 is 1.33 bits per heavy atom. The Morgan fingerprint density at radius 2 is 2.07 bits per heavy atom. The highest BCUT2D eigenvalue weighted by molar-refractivity contribution is 6.26. The molecule has 0 atom stereocenters. The molecule has 15 heavy (non-hydrogen) atoms. The Hall–Kier alpha value is -1.10. The van der Waals surface area contributed by atoms with E-state index in [0.29, 0.717) is 6.04 Å². The molecule has 0 radical (unpaired) electrons. The number of amides is 1. The average Bonchev–Trinajstić information content (AvgIpc) is 2.59. The molecule has 3 aliphatic heterocycles. The summed E-state index contributed by atoms with van der Waals surface area (Å²) in [4.78, 5) is 20.6. The van der Waals surface area contributed by atoms with Crippen molar-refractivity contribution in [2.24, 2.45) is 5.16 Å². The minimum atomic E-state index is -0.0226. The summed E-state index contributed by atoms with van der Waals surface area (Å²) in [6.45, 7) is 4.05. The number of hydrogen-bond donors (Lipinski definition) is 0. The van der Waals surface area contributed by atoms with Gasteiger partial charge < -0.3 is 14.6 Å². The Labute approximate surface area is 89.7 Å². The van der Waals surface area contributed by atoms with E-state index < -0.39 is 0 Å². The second-order valence-corrected chi connectivity index (χ2v) is 4.02. The van der Waals surface area contributed by atoms with Gasteiger partial charge in [-0.2, -0.15) is 0 Å². The summed E-state index contributed by atoms with van der Waals surface area (Å²) in [5, 5.41) is 3.53. The molecule has 0 aromatic carbocycles. The summed E-state index contributed by atoms with van der Waals surface area (Å²) >= 11 is 0. The van der Waals surface area contributed by atoms with Crippen molar-refractivity contribution in [3.8, 4) is 0 Å². The van der Waals surface area contributed by atoms with Crippen LogP contribution >= 0.6 is 0 Å². The minimum absolute atomic E-state index is 0.0226. The summed E-state index contributed by atoms with van der Waals surface area (Å²) in [6, 6.07) is 0.402. The summed E-state index contributed by atoms with van der Waals surface area (Å²) in [5.41, 5.74) is 0. The van der Waals surface area contributed by atoms with Crippen LogP contribution in [0.2, 0.25) is 0 Å². The third kappa shape index (κ3) is 2.28. The van der Waals surface area contributed by atoms with Gasteiger partial charge in [0.25, 0.3) is 5.91 Å². The Bertz CT molecular complexity index is 259. The monoisotopic (exact) mass is 211 g/mol. The van der Waals surface area contributed by atoms with Gasteiger partial charge in [-0.3, -0.25) is 4.79 Å². The van der Waals surface area contributed by atoms with Crippen LogP contribution in [0.5, 0.6) is 0 Å². The quantitative estimate of drug-likeness (QED) is 0.474. The molecule has 3 fully saturated rings. The second kappa shape index (κ2) is 4.61. The molecular formula is C10H17N3O2. The first-order valence-electron chi connectivity index (χ1n) is 5.41. The zero-order chi connectivity index (χ0) is 10.7. The molecular weight excluding hydrogens is 194 g/mol. The SMILES string of the molecule is CO/N=C/C(=O)N1CCN2CCC1CC2. The van der Waals surface area contributed by atoms with Crippen LogP contribution < -0.4 is 0 Å². The third-order valence-corrected chi connectivity index (χ3v) is 3.21. The fourth-order valence-electron chi connectivity index (χ4n) is 2.35. The maximum atomic E-state index is 11.8. The van der Waals surface area contributed by atoms with E-state index in [-0.39, 0.29) is 5.91 Å². The summed E-state index contributed by atoms with van der Waals surface area (Å²) in [6.07, 6.45) is 3.45. The number of carbonyl (C=O) groups is 1. The predicted octanol–water partition coefficient (Wildman–Crippen LogP) is -0.0748. The van der Waals surface area contributed by atoms with Gasteiger partial charge in [-0.05, 0) is 12.8 Å². The number of fused-ring (bicyclic) bond motifs is 4. The van der Waals surface area contributed by atoms with E-state index in [0.717, 1.165) is 39.0 Å². The fraction of sp³-hybridized carbons (Fsp3) is 0.800. The maximum Gasteiger partial charge on any atom is 0.268 e. The standard InChI is InChI=1S/C10H17N3O2/c1-15-11-8-10(14)13-7-6-12-4-2-9(13)3-5-12/h8-9H,2-7H2,1H3/b11-8+. The van der Waals surface area contributed by atoms with Crippen molar-refractivity contribution in [3.63, 3.8) is 0 Å². The highest BCUT2D eigenvalue weighted by Crippen LogP contribution is 2.20. The molecule has 3 aliphatic rings. The van der Waals surface area contributed by atoms with E-state index >= 15 is 0 Å². The first-order chi connectivity index (χ1) is 7.31. The lowest BCUT2D eigenvalue weighted by atomic mass is 10.1. The van der Waals surface area contributed by atoms with Crippen LogP contribution in [0.4, 0.5) is 0 Å². The second-order valence-electron chi connectivity index (χ2n) is 4.02. The van der Waals surface area contributed by atoms with Gasteiger partial charge in [0, 0.05) is 32.2 Å². The molecule has 1 amide bonds. The van der Waals surface area contributed by atoms with Crippen LogP contribution in [0.3, 0.4) is 0 Å². The Kier molecular flexibility index (Phi) is 3.20. The molecule has 3 heterocycles. The van der Waals surface area contributed by atoms with Crippen molar-refractivity contribution in [2.75, 3.05) is 33.3 Å².